The molecule has 4 rings (SSSR count). The summed E-state index contributed by atoms with van der Waals surface area (Å²) in [5.41, 5.74) is 3.11. The second-order valence-corrected chi connectivity index (χ2v) is 10.0. The molecule has 4 aromatic carbocycles. The highest BCUT2D eigenvalue weighted by molar-refractivity contribution is 7.89. The molecule has 0 aliphatic heterocycles. The molecule has 0 heterocycles. The van der Waals surface area contributed by atoms with Gasteiger partial charge in [-0.05, 0) is 34.9 Å². The molecule has 8 heteroatoms. The lowest BCUT2D eigenvalue weighted by Crippen LogP contribution is -2.24. The Morgan fingerprint density at radius 2 is 1.33 bits per heavy atom. The summed E-state index contributed by atoms with van der Waals surface area (Å²) in [4.78, 5) is 24.8. The zero-order valence-corrected chi connectivity index (χ0v) is 20.6. The van der Waals surface area contributed by atoms with Gasteiger partial charge in [0, 0.05) is 12.1 Å². The third kappa shape index (κ3) is 6.26. The van der Waals surface area contributed by atoms with E-state index in [-0.39, 0.29) is 27.8 Å². The topological polar surface area (TPSA) is 89.5 Å². The second-order valence-electron chi connectivity index (χ2n) is 7.90. The van der Waals surface area contributed by atoms with E-state index in [9.17, 15) is 18.0 Å². The number of sulfonamides is 1. The maximum Gasteiger partial charge on any atom is 0.338 e. The average Bonchev–Trinajstić information content (AvgIpc) is 2.92. The Bertz CT molecular complexity index is 1470. The van der Waals surface area contributed by atoms with Gasteiger partial charge >= 0.3 is 5.97 Å². The third-order valence-corrected chi connectivity index (χ3v) is 7.30. The monoisotopic (exact) mass is 519 g/mol. The minimum absolute atomic E-state index is 0.0355. The van der Waals surface area contributed by atoms with Crippen molar-refractivity contribution in [1.29, 1.82) is 0 Å². The van der Waals surface area contributed by atoms with Crippen LogP contribution in [0.2, 0.25) is 5.02 Å². The fourth-order valence-corrected chi connectivity index (χ4v) is 5.01. The minimum Gasteiger partial charge on any atom is -0.454 e. The number of carbonyl (C=O) groups is 2. The van der Waals surface area contributed by atoms with Crippen LogP contribution in [-0.4, -0.2) is 26.8 Å². The fraction of sp³-hybridized carbons (Fsp3) is 0.0714. The van der Waals surface area contributed by atoms with Crippen molar-refractivity contribution >= 4 is 33.4 Å². The zero-order valence-electron chi connectivity index (χ0n) is 19.1. The van der Waals surface area contributed by atoms with Crippen LogP contribution in [0.5, 0.6) is 0 Å². The number of ketones is 1. The van der Waals surface area contributed by atoms with Crippen molar-refractivity contribution in [3.8, 4) is 11.1 Å². The van der Waals surface area contributed by atoms with Gasteiger partial charge in [0.15, 0.2) is 12.4 Å². The standard InChI is InChI=1S/C28H22ClNO5S/c29-25-16-15-24(17-27(25)36(33,34)30-18-20-7-3-1-4-8-20)28(32)35-19-26(31)23-13-11-22(12-14-23)21-9-5-2-6-10-21/h1-17,30H,18-19H2. The van der Waals surface area contributed by atoms with E-state index in [1.54, 1.807) is 36.4 Å². The Hall–Kier alpha value is -3.78. The number of carbonyl (C=O) groups excluding carboxylic acids is 2. The maximum atomic E-state index is 12.8. The lowest BCUT2D eigenvalue weighted by atomic mass is 10.0. The molecule has 0 amide bonds. The predicted octanol–water partition coefficient (Wildman–Crippen LogP) is 5.53. The first-order chi connectivity index (χ1) is 17.3. The Morgan fingerprint density at radius 1 is 0.750 bits per heavy atom. The molecule has 182 valence electrons. The van der Waals surface area contributed by atoms with Gasteiger partial charge in [0.25, 0.3) is 0 Å². The van der Waals surface area contributed by atoms with Crippen molar-refractivity contribution in [2.24, 2.45) is 0 Å². The highest BCUT2D eigenvalue weighted by Gasteiger charge is 2.21. The Morgan fingerprint density at radius 3 is 2.00 bits per heavy atom. The molecule has 0 aliphatic rings. The van der Waals surface area contributed by atoms with Crippen LogP contribution in [0.1, 0.15) is 26.3 Å². The third-order valence-electron chi connectivity index (χ3n) is 5.41. The van der Waals surface area contributed by atoms with Crippen LogP contribution in [0.15, 0.2) is 108 Å². The van der Waals surface area contributed by atoms with Gasteiger partial charge in [-0.2, -0.15) is 0 Å². The fourth-order valence-electron chi connectivity index (χ4n) is 3.47. The Balaban J connectivity index is 1.40. The van der Waals surface area contributed by atoms with E-state index in [2.05, 4.69) is 4.72 Å². The zero-order chi connectivity index (χ0) is 25.5. The van der Waals surface area contributed by atoms with Crippen LogP contribution in [0, 0.1) is 0 Å². The van der Waals surface area contributed by atoms with E-state index in [0.29, 0.717) is 5.56 Å². The summed E-state index contributed by atoms with van der Waals surface area (Å²) in [6.07, 6.45) is 0. The highest BCUT2D eigenvalue weighted by Crippen LogP contribution is 2.24. The molecule has 0 atom stereocenters. The summed E-state index contributed by atoms with van der Waals surface area (Å²) in [6, 6.07) is 29.5. The van der Waals surface area contributed by atoms with Crippen molar-refractivity contribution in [1.82, 2.24) is 4.72 Å². The summed E-state index contributed by atoms with van der Waals surface area (Å²) in [5, 5.41) is -0.0401. The lowest BCUT2D eigenvalue weighted by molar-refractivity contribution is 0.0474. The summed E-state index contributed by atoms with van der Waals surface area (Å²) in [6.45, 7) is -0.424. The molecular weight excluding hydrogens is 498 g/mol. The normalized spacial score (nSPS) is 11.1. The van der Waals surface area contributed by atoms with E-state index in [4.69, 9.17) is 16.3 Å². The first-order valence-electron chi connectivity index (χ1n) is 11.0. The van der Waals surface area contributed by atoms with Crippen molar-refractivity contribution in [2.75, 3.05) is 6.61 Å². The second kappa shape index (κ2) is 11.3. The molecule has 6 nitrogen and oxygen atoms in total. The first-order valence-corrected chi connectivity index (χ1v) is 12.9. The smallest absolute Gasteiger partial charge is 0.338 e. The number of nitrogens with one attached hydrogen (secondary N) is 1. The van der Waals surface area contributed by atoms with Crippen LogP contribution in [-0.2, 0) is 21.3 Å². The van der Waals surface area contributed by atoms with Crippen molar-refractivity contribution in [3.05, 3.63) is 125 Å². The number of benzene rings is 4. The molecule has 0 unspecified atom stereocenters. The average molecular weight is 520 g/mol. The number of hydrogen-bond acceptors (Lipinski definition) is 5. The van der Waals surface area contributed by atoms with Crippen molar-refractivity contribution < 1.29 is 22.7 Å². The van der Waals surface area contributed by atoms with E-state index in [1.807, 2.05) is 48.5 Å². The Labute approximate surface area is 214 Å². The van der Waals surface area contributed by atoms with Gasteiger partial charge in [-0.3, -0.25) is 4.79 Å². The molecule has 0 aliphatic carbocycles. The molecule has 0 bridgehead atoms. The van der Waals surface area contributed by atoms with Gasteiger partial charge in [0.1, 0.15) is 4.90 Å². The molecular formula is C28H22ClNO5S. The van der Waals surface area contributed by atoms with Gasteiger partial charge in [0.05, 0.1) is 10.6 Å². The SMILES string of the molecule is O=C(COC(=O)c1ccc(Cl)c(S(=O)(=O)NCc2ccccc2)c1)c1ccc(-c2ccccc2)cc1. The molecule has 4 aromatic rings. The molecule has 0 fully saturated rings. The van der Waals surface area contributed by atoms with Gasteiger partial charge in [-0.1, -0.05) is 96.5 Å². The van der Waals surface area contributed by atoms with E-state index in [0.717, 1.165) is 22.8 Å². The van der Waals surface area contributed by atoms with Crippen LogP contribution in [0.3, 0.4) is 0 Å². The summed E-state index contributed by atoms with van der Waals surface area (Å²) < 4.78 is 33.2. The Kier molecular flexibility index (Phi) is 7.95. The molecule has 0 saturated heterocycles. The molecule has 36 heavy (non-hydrogen) atoms. The molecule has 0 spiro atoms. The number of Topliss-reactive ketones (excluding diaryl/α,β-unsaturated/α-hetero) is 1. The van der Waals surface area contributed by atoms with Crippen molar-refractivity contribution in [2.45, 2.75) is 11.4 Å². The summed E-state index contributed by atoms with van der Waals surface area (Å²) >= 11 is 6.11. The number of ether oxygens (including phenoxy) is 1. The number of rotatable bonds is 9. The minimum atomic E-state index is -4.00. The van der Waals surface area contributed by atoms with Gasteiger partial charge in [-0.15, -0.1) is 0 Å². The van der Waals surface area contributed by atoms with Gasteiger partial charge in [-0.25, -0.2) is 17.9 Å². The first kappa shape index (κ1) is 25.3. The van der Waals surface area contributed by atoms with Crippen molar-refractivity contribution in [3.63, 3.8) is 0 Å². The quantitative estimate of drug-likeness (QED) is 0.232. The molecule has 0 saturated carbocycles. The molecule has 0 aromatic heterocycles. The number of esters is 1. The van der Waals surface area contributed by atoms with Gasteiger partial charge < -0.3 is 4.74 Å². The van der Waals surface area contributed by atoms with Crippen LogP contribution in [0.25, 0.3) is 11.1 Å². The molecule has 1 N–H and O–H groups in total. The number of hydrogen-bond donors (Lipinski definition) is 1. The van der Waals surface area contributed by atoms with E-state index >= 15 is 0 Å². The van der Waals surface area contributed by atoms with E-state index in [1.165, 1.54) is 12.1 Å². The highest BCUT2D eigenvalue weighted by atomic mass is 35.5. The van der Waals surface area contributed by atoms with Crippen LogP contribution < -0.4 is 4.72 Å². The molecule has 0 radical (unpaired) electrons. The number of halogens is 1. The largest absolute Gasteiger partial charge is 0.454 e. The van der Waals surface area contributed by atoms with Gasteiger partial charge in [0.2, 0.25) is 10.0 Å². The van der Waals surface area contributed by atoms with Crippen LogP contribution >= 0.6 is 11.6 Å². The summed E-state index contributed by atoms with van der Waals surface area (Å²) in [5.74, 6) is -1.21. The maximum absolute atomic E-state index is 12.8. The summed E-state index contributed by atoms with van der Waals surface area (Å²) in [7, 11) is -4.00. The van der Waals surface area contributed by atoms with Crippen LogP contribution in [0.4, 0.5) is 0 Å². The lowest BCUT2D eigenvalue weighted by Gasteiger charge is -2.10. The van der Waals surface area contributed by atoms with E-state index < -0.39 is 22.6 Å². The predicted molar refractivity (Wildman–Crippen MR) is 138 cm³/mol.